The zero-order valence-electron chi connectivity index (χ0n) is 9.40. The van der Waals surface area contributed by atoms with Crippen LogP contribution in [0.3, 0.4) is 0 Å². The summed E-state index contributed by atoms with van der Waals surface area (Å²) in [5.74, 6) is 2.49. The second-order valence-corrected chi connectivity index (χ2v) is 3.14. The molecule has 0 aliphatic heterocycles. The highest BCUT2D eigenvalue weighted by molar-refractivity contribution is 5.92. The van der Waals surface area contributed by atoms with Gasteiger partial charge in [0.15, 0.2) is 6.10 Å². The van der Waals surface area contributed by atoms with Crippen LogP contribution in [0.4, 0.5) is 0 Å². The molecule has 0 N–H and O–H groups in total. The van der Waals surface area contributed by atoms with E-state index in [2.05, 4.69) is 5.92 Å². The lowest BCUT2D eigenvalue weighted by Gasteiger charge is -2.12. The zero-order valence-corrected chi connectivity index (χ0v) is 9.40. The van der Waals surface area contributed by atoms with Gasteiger partial charge in [-0.1, -0.05) is 18.1 Å². The Morgan fingerprint density at radius 2 is 2.19 bits per heavy atom. The van der Waals surface area contributed by atoms with Crippen molar-refractivity contribution in [3.05, 3.63) is 29.8 Å². The largest absolute Gasteiger partial charge is 0.477 e. The minimum absolute atomic E-state index is 0.331. The Labute approximate surface area is 95.4 Å². The highest BCUT2D eigenvalue weighted by atomic mass is 16.5. The molecule has 0 amide bonds. The fourth-order valence-electron chi connectivity index (χ4n) is 1.17. The van der Waals surface area contributed by atoms with Crippen molar-refractivity contribution in [3.63, 3.8) is 0 Å². The Kier molecular flexibility index (Phi) is 4.41. The van der Waals surface area contributed by atoms with Gasteiger partial charge in [-0.05, 0) is 26.0 Å². The van der Waals surface area contributed by atoms with Crippen LogP contribution in [0.25, 0.3) is 0 Å². The molecule has 1 aromatic carbocycles. The van der Waals surface area contributed by atoms with Crippen LogP contribution in [-0.4, -0.2) is 18.7 Å². The predicted octanol–water partition coefficient (Wildman–Crippen LogP) is 2.26. The van der Waals surface area contributed by atoms with Gasteiger partial charge in [0.2, 0.25) is 0 Å². The van der Waals surface area contributed by atoms with Crippen LogP contribution in [0, 0.1) is 12.3 Å². The molecule has 0 aromatic heterocycles. The molecule has 3 heteroatoms. The number of ether oxygens (including phenoxy) is 2. The molecule has 84 valence electrons. The Morgan fingerprint density at radius 1 is 1.50 bits per heavy atom. The van der Waals surface area contributed by atoms with Crippen molar-refractivity contribution < 1.29 is 14.3 Å². The number of hydrogen-bond acceptors (Lipinski definition) is 3. The number of hydrogen-bond donors (Lipinski definition) is 0. The quantitative estimate of drug-likeness (QED) is 0.574. The molecule has 0 fully saturated rings. The first-order chi connectivity index (χ1) is 7.69. The van der Waals surface area contributed by atoms with E-state index in [0.29, 0.717) is 17.9 Å². The predicted molar refractivity (Wildman–Crippen MR) is 61.3 cm³/mol. The van der Waals surface area contributed by atoms with Crippen molar-refractivity contribution in [1.29, 1.82) is 0 Å². The monoisotopic (exact) mass is 218 g/mol. The molecule has 0 saturated heterocycles. The van der Waals surface area contributed by atoms with Crippen LogP contribution >= 0.6 is 0 Å². The second-order valence-electron chi connectivity index (χ2n) is 3.14. The Balaban J connectivity index is 2.92. The lowest BCUT2D eigenvalue weighted by molar-refractivity contribution is 0.0521. The summed E-state index contributed by atoms with van der Waals surface area (Å²) < 4.78 is 10.3. The molecule has 0 radical (unpaired) electrons. The van der Waals surface area contributed by atoms with Gasteiger partial charge in [-0.15, -0.1) is 6.42 Å². The van der Waals surface area contributed by atoms with Gasteiger partial charge in [-0.2, -0.15) is 0 Å². The van der Waals surface area contributed by atoms with E-state index in [0.717, 1.165) is 0 Å². The highest BCUT2D eigenvalue weighted by Crippen LogP contribution is 2.20. The van der Waals surface area contributed by atoms with Crippen LogP contribution in [0.2, 0.25) is 0 Å². The van der Waals surface area contributed by atoms with Crippen LogP contribution < -0.4 is 4.74 Å². The summed E-state index contributed by atoms with van der Waals surface area (Å²) in [5, 5.41) is 0. The molecule has 1 atom stereocenters. The Morgan fingerprint density at radius 3 is 2.81 bits per heavy atom. The van der Waals surface area contributed by atoms with Gasteiger partial charge in [0.25, 0.3) is 0 Å². The Hall–Kier alpha value is -1.95. The SMILES string of the molecule is C#CC(C)Oc1ccccc1C(=O)OCC. The van der Waals surface area contributed by atoms with Gasteiger partial charge in [0.05, 0.1) is 6.61 Å². The van der Waals surface area contributed by atoms with Gasteiger partial charge in [-0.25, -0.2) is 4.79 Å². The molecule has 0 heterocycles. The molecule has 3 nitrogen and oxygen atoms in total. The molecule has 1 aromatic rings. The minimum Gasteiger partial charge on any atom is -0.477 e. The van der Waals surface area contributed by atoms with E-state index in [4.69, 9.17) is 15.9 Å². The van der Waals surface area contributed by atoms with Gasteiger partial charge in [0.1, 0.15) is 11.3 Å². The number of carbonyl (C=O) groups is 1. The normalized spacial score (nSPS) is 11.3. The summed E-state index contributed by atoms with van der Waals surface area (Å²) in [5.41, 5.74) is 0.395. The lowest BCUT2D eigenvalue weighted by Crippen LogP contribution is -2.13. The van der Waals surface area contributed by atoms with Crippen molar-refractivity contribution in [1.82, 2.24) is 0 Å². The average Bonchev–Trinajstić information content (AvgIpc) is 2.30. The number of terminal acetylenes is 1. The smallest absolute Gasteiger partial charge is 0.341 e. The summed E-state index contributed by atoms with van der Waals surface area (Å²) in [6, 6.07) is 6.87. The van der Waals surface area contributed by atoms with Crippen molar-refractivity contribution in [2.24, 2.45) is 0 Å². The van der Waals surface area contributed by atoms with Crippen LogP contribution in [0.1, 0.15) is 24.2 Å². The molecular weight excluding hydrogens is 204 g/mol. The molecule has 0 bridgehead atoms. The summed E-state index contributed by atoms with van der Waals surface area (Å²) in [7, 11) is 0. The van der Waals surface area contributed by atoms with Crippen LogP contribution in [0.15, 0.2) is 24.3 Å². The maximum atomic E-state index is 11.6. The van der Waals surface area contributed by atoms with E-state index in [1.807, 2.05) is 0 Å². The molecule has 0 spiro atoms. The first-order valence-corrected chi connectivity index (χ1v) is 5.08. The first kappa shape index (κ1) is 12.1. The van der Waals surface area contributed by atoms with E-state index in [-0.39, 0.29) is 6.10 Å². The fourth-order valence-corrected chi connectivity index (χ4v) is 1.17. The molecule has 0 saturated carbocycles. The molecular formula is C13H14O3. The van der Waals surface area contributed by atoms with Crippen molar-refractivity contribution in [3.8, 4) is 18.1 Å². The molecule has 0 aliphatic carbocycles. The van der Waals surface area contributed by atoms with Gasteiger partial charge >= 0.3 is 5.97 Å². The van der Waals surface area contributed by atoms with Crippen LogP contribution in [-0.2, 0) is 4.74 Å². The van der Waals surface area contributed by atoms with E-state index >= 15 is 0 Å². The summed E-state index contributed by atoms with van der Waals surface area (Å²) >= 11 is 0. The van der Waals surface area contributed by atoms with Crippen molar-refractivity contribution in [2.75, 3.05) is 6.61 Å². The Bertz CT molecular complexity index is 404. The molecule has 1 rings (SSSR count). The van der Waals surface area contributed by atoms with Gasteiger partial charge < -0.3 is 9.47 Å². The first-order valence-electron chi connectivity index (χ1n) is 5.08. The third kappa shape index (κ3) is 3.03. The number of benzene rings is 1. The lowest BCUT2D eigenvalue weighted by atomic mass is 10.2. The third-order valence-electron chi connectivity index (χ3n) is 1.92. The highest BCUT2D eigenvalue weighted by Gasteiger charge is 2.13. The van der Waals surface area contributed by atoms with Crippen molar-refractivity contribution in [2.45, 2.75) is 20.0 Å². The van der Waals surface area contributed by atoms with Crippen LogP contribution in [0.5, 0.6) is 5.75 Å². The van der Waals surface area contributed by atoms with E-state index in [1.165, 1.54) is 0 Å². The third-order valence-corrected chi connectivity index (χ3v) is 1.92. The summed E-state index contributed by atoms with van der Waals surface area (Å²) in [4.78, 5) is 11.6. The maximum absolute atomic E-state index is 11.6. The van der Waals surface area contributed by atoms with E-state index in [9.17, 15) is 4.79 Å². The summed E-state index contributed by atoms with van der Waals surface area (Å²) in [6.07, 6.45) is 4.83. The molecule has 0 aliphatic rings. The zero-order chi connectivity index (χ0) is 12.0. The van der Waals surface area contributed by atoms with E-state index in [1.54, 1.807) is 38.1 Å². The number of rotatable bonds is 4. The minimum atomic E-state index is -0.401. The van der Waals surface area contributed by atoms with Gasteiger partial charge in [0, 0.05) is 0 Å². The molecule has 1 unspecified atom stereocenters. The number of carbonyl (C=O) groups excluding carboxylic acids is 1. The number of para-hydroxylation sites is 1. The fraction of sp³-hybridized carbons (Fsp3) is 0.308. The second kappa shape index (κ2) is 5.82. The van der Waals surface area contributed by atoms with Crippen molar-refractivity contribution >= 4 is 5.97 Å². The van der Waals surface area contributed by atoms with Gasteiger partial charge in [-0.3, -0.25) is 0 Å². The average molecular weight is 218 g/mol. The topological polar surface area (TPSA) is 35.5 Å². The standard InChI is InChI=1S/C13H14O3/c1-4-10(3)16-12-9-7-6-8-11(12)13(14)15-5-2/h1,6-10H,5H2,2-3H3. The molecule has 16 heavy (non-hydrogen) atoms. The maximum Gasteiger partial charge on any atom is 0.341 e. The van der Waals surface area contributed by atoms with E-state index < -0.39 is 5.97 Å². The number of esters is 1. The summed E-state index contributed by atoms with van der Waals surface area (Å²) in [6.45, 7) is 3.82.